The third-order valence-corrected chi connectivity index (χ3v) is 4.65. The molecule has 0 aliphatic carbocycles. The Morgan fingerprint density at radius 3 is 2.90 bits per heavy atom. The number of nitrogens with zero attached hydrogens (tertiary/aromatic N) is 2. The van der Waals surface area contributed by atoms with Crippen LogP contribution in [-0.4, -0.2) is 34.3 Å². The third kappa shape index (κ3) is 3.85. The molecule has 0 fully saturated rings. The summed E-state index contributed by atoms with van der Waals surface area (Å²) >= 11 is 2.69. The Morgan fingerprint density at radius 2 is 2.29 bits per heavy atom. The zero-order chi connectivity index (χ0) is 15.4. The van der Waals surface area contributed by atoms with E-state index in [4.69, 9.17) is 4.74 Å². The molecule has 8 heteroatoms. The molecule has 0 aromatic carbocycles. The van der Waals surface area contributed by atoms with Crippen LogP contribution in [0.5, 0.6) is 0 Å². The van der Waals surface area contributed by atoms with Crippen LogP contribution in [0.3, 0.4) is 0 Å². The Kier molecular flexibility index (Phi) is 5.03. The van der Waals surface area contributed by atoms with Crippen molar-refractivity contribution in [2.24, 2.45) is 7.05 Å². The monoisotopic (exact) mass is 325 g/mol. The molecule has 0 saturated carbocycles. The highest BCUT2D eigenvalue weighted by atomic mass is 32.2. The lowest BCUT2D eigenvalue weighted by molar-refractivity contribution is -0.113. The maximum absolute atomic E-state index is 12.0. The van der Waals surface area contributed by atoms with Crippen molar-refractivity contribution in [3.63, 3.8) is 0 Å². The first-order chi connectivity index (χ1) is 10.0. The second kappa shape index (κ2) is 6.77. The fraction of sp³-hybridized carbons (Fsp3) is 0.308. The molecule has 0 radical (unpaired) electrons. The minimum Gasteiger partial charge on any atom is -0.465 e. The summed E-state index contributed by atoms with van der Waals surface area (Å²) in [4.78, 5) is 28.7. The van der Waals surface area contributed by atoms with Gasteiger partial charge in [0.05, 0.1) is 18.4 Å². The van der Waals surface area contributed by atoms with Crippen LogP contribution in [0.1, 0.15) is 15.2 Å². The number of ether oxygens (including phenoxy) is 1. The number of amides is 1. The number of esters is 1. The molecule has 0 unspecified atom stereocenters. The summed E-state index contributed by atoms with van der Waals surface area (Å²) in [6.07, 6.45) is 3.50. The van der Waals surface area contributed by atoms with Gasteiger partial charge in [-0.1, -0.05) is 11.8 Å². The van der Waals surface area contributed by atoms with Crippen LogP contribution in [-0.2, 0) is 16.6 Å². The maximum Gasteiger partial charge on any atom is 0.340 e. The number of thioether (sulfide) groups is 1. The van der Waals surface area contributed by atoms with Crippen molar-refractivity contribution >= 4 is 40.0 Å². The standard InChI is InChI=1S/C13H15N3O3S2/c1-8-6-9(12(18)19-3)11(21-8)15-10(17)7-20-13-14-4-5-16(13)2/h4-6H,7H2,1-3H3,(H,15,17). The molecule has 0 aliphatic rings. The molecule has 21 heavy (non-hydrogen) atoms. The van der Waals surface area contributed by atoms with Gasteiger partial charge in [-0.3, -0.25) is 4.79 Å². The van der Waals surface area contributed by atoms with Gasteiger partial charge in [-0.05, 0) is 13.0 Å². The average molecular weight is 325 g/mol. The SMILES string of the molecule is COC(=O)c1cc(C)sc1NC(=O)CSc1nccn1C. The van der Waals surface area contributed by atoms with Gasteiger partial charge >= 0.3 is 5.97 Å². The van der Waals surface area contributed by atoms with Gasteiger partial charge in [0, 0.05) is 24.3 Å². The molecule has 1 amide bonds. The van der Waals surface area contributed by atoms with Gasteiger partial charge in [0.2, 0.25) is 5.91 Å². The van der Waals surface area contributed by atoms with Gasteiger partial charge in [-0.15, -0.1) is 11.3 Å². The fourth-order valence-electron chi connectivity index (χ4n) is 1.65. The second-order valence-corrected chi connectivity index (χ2v) is 6.45. The van der Waals surface area contributed by atoms with Crippen molar-refractivity contribution in [2.75, 3.05) is 18.2 Å². The number of thiophene rings is 1. The smallest absolute Gasteiger partial charge is 0.340 e. The Bertz CT molecular complexity index is 663. The summed E-state index contributed by atoms with van der Waals surface area (Å²) in [5.41, 5.74) is 0.385. The first-order valence-electron chi connectivity index (χ1n) is 6.10. The summed E-state index contributed by atoms with van der Waals surface area (Å²) < 4.78 is 6.54. The van der Waals surface area contributed by atoms with E-state index in [0.29, 0.717) is 10.6 Å². The van der Waals surface area contributed by atoms with Crippen LogP contribution in [0, 0.1) is 6.92 Å². The maximum atomic E-state index is 12.0. The number of anilines is 1. The first-order valence-corrected chi connectivity index (χ1v) is 7.90. The molecular weight excluding hydrogens is 310 g/mol. The van der Waals surface area contributed by atoms with E-state index in [-0.39, 0.29) is 11.7 Å². The predicted molar refractivity (Wildman–Crippen MR) is 83.0 cm³/mol. The molecule has 0 spiro atoms. The van der Waals surface area contributed by atoms with Gasteiger partial charge < -0.3 is 14.6 Å². The number of hydrogen-bond donors (Lipinski definition) is 1. The molecule has 2 rings (SSSR count). The summed E-state index contributed by atoms with van der Waals surface area (Å²) in [6, 6.07) is 1.71. The van der Waals surface area contributed by atoms with Crippen molar-refractivity contribution in [1.82, 2.24) is 9.55 Å². The van der Waals surface area contributed by atoms with Gasteiger partial charge in [-0.2, -0.15) is 0 Å². The Morgan fingerprint density at radius 1 is 1.52 bits per heavy atom. The number of nitrogens with one attached hydrogen (secondary N) is 1. The highest BCUT2D eigenvalue weighted by Crippen LogP contribution is 2.28. The largest absolute Gasteiger partial charge is 0.465 e. The highest BCUT2D eigenvalue weighted by molar-refractivity contribution is 7.99. The van der Waals surface area contributed by atoms with Gasteiger partial charge in [0.15, 0.2) is 5.16 Å². The Balaban J connectivity index is 2.00. The van der Waals surface area contributed by atoms with E-state index < -0.39 is 5.97 Å². The quantitative estimate of drug-likeness (QED) is 0.674. The lowest BCUT2D eigenvalue weighted by Gasteiger charge is -2.05. The lowest BCUT2D eigenvalue weighted by atomic mass is 10.3. The van der Waals surface area contributed by atoms with E-state index in [1.807, 2.05) is 24.7 Å². The van der Waals surface area contributed by atoms with Gasteiger partial charge in [0.25, 0.3) is 0 Å². The number of carbonyl (C=O) groups excluding carboxylic acids is 2. The number of hydrogen-bond acceptors (Lipinski definition) is 6. The second-order valence-electron chi connectivity index (χ2n) is 4.25. The zero-order valence-corrected chi connectivity index (χ0v) is 13.5. The van der Waals surface area contributed by atoms with Crippen LogP contribution < -0.4 is 5.32 Å². The van der Waals surface area contributed by atoms with E-state index in [1.165, 1.54) is 30.2 Å². The normalized spacial score (nSPS) is 10.4. The van der Waals surface area contributed by atoms with E-state index in [0.717, 1.165) is 10.0 Å². The Labute approximate surface area is 130 Å². The van der Waals surface area contributed by atoms with E-state index in [2.05, 4.69) is 10.3 Å². The van der Waals surface area contributed by atoms with Crippen LogP contribution >= 0.6 is 23.1 Å². The summed E-state index contributed by atoms with van der Waals surface area (Å²) in [6.45, 7) is 1.87. The van der Waals surface area contributed by atoms with Gasteiger partial charge in [-0.25, -0.2) is 9.78 Å². The number of aromatic nitrogens is 2. The zero-order valence-electron chi connectivity index (χ0n) is 11.9. The van der Waals surface area contributed by atoms with Crippen molar-refractivity contribution < 1.29 is 14.3 Å². The Hall–Kier alpha value is -1.80. The molecule has 2 aromatic heterocycles. The molecule has 0 bridgehead atoms. The molecule has 2 heterocycles. The molecular formula is C13H15N3O3S2. The molecule has 2 aromatic rings. The molecule has 0 saturated heterocycles. The number of rotatable bonds is 5. The first kappa shape index (κ1) is 15.6. The molecule has 6 nitrogen and oxygen atoms in total. The van der Waals surface area contributed by atoms with Crippen LogP contribution in [0.15, 0.2) is 23.6 Å². The molecule has 1 N–H and O–H groups in total. The summed E-state index contributed by atoms with van der Waals surface area (Å²) in [5, 5.41) is 4.03. The van der Waals surface area contributed by atoms with Crippen LogP contribution in [0.4, 0.5) is 5.00 Å². The average Bonchev–Trinajstić information content (AvgIpc) is 3.01. The fourth-order valence-corrected chi connectivity index (χ4v) is 3.30. The number of aryl methyl sites for hydroxylation is 2. The van der Waals surface area contributed by atoms with Crippen molar-refractivity contribution in [2.45, 2.75) is 12.1 Å². The number of methoxy groups -OCH3 is 1. The predicted octanol–water partition coefficient (Wildman–Crippen LogP) is 2.31. The minimum absolute atomic E-state index is 0.185. The van der Waals surface area contributed by atoms with Crippen molar-refractivity contribution in [3.05, 3.63) is 28.9 Å². The lowest BCUT2D eigenvalue weighted by Crippen LogP contribution is -2.15. The van der Waals surface area contributed by atoms with E-state index >= 15 is 0 Å². The van der Waals surface area contributed by atoms with Crippen LogP contribution in [0.25, 0.3) is 0 Å². The third-order valence-electron chi connectivity index (χ3n) is 2.62. The van der Waals surface area contributed by atoms with E-state index in [1.54, 1.807) is 12.3 Å². The molecule has 112 valence electrons. The van der Waals surface area contributed by atoms with Crippen molar-refractivity contribution in [1.29, 1.82) is 0 Å². The highest BCUT2D eigenvalue weighted by Gasteiger charge is 2.17. The topological polar surface area (TPSA) is 73.2 Å². The van der Waals surface area contributed by atoms with Crippen molar-refractivity contribution in [3.8, 4) is 0 Å². The van der Waals surface area contributed by atoms with E-state index in [9.17, 15) is 9.59 Å². The molecule has 0 atom stereocenters. The number of carbonyl (C=O) groups is 2. The van der Waals surface area contributed by atoms with Crippen LogP contribution in [0.2, 0.25) is 0 Å². The van der Waals surface area contributed by atoms with Gasteiger partial charge in [0.1, 0.15) is 5.00 Å². The summed E-state index contributed by atoms with van der Waals surface area (Å²) in [7, 11) is 3.18. The summed E-state index contributed by atoms with van der Waals surface area (Å²) in [5.74, 6) is -0.413. The molecule has 0 aliphatic heterocycles. The number of imidazole rings is 1. The minimum atomic E-state index is -0.452.